The zero-order valence-electron chi connectivity index (χ0n) is 22.4. The Bertz CT molecular complexity index is 730. The molecule has 0 aromatic carbocycles. The van der Waals surface area contributed by atoms with Gasteiger partial charge in [0.05, 0.1) is 13.2 Å². The first-order valence-electron chi connectivity index (χ1n) is 13.2. The Morgan fingerprint density at radius 1 is 1.00 bits per heavy atom. The molecule has 0 amide bonds. The summed E-state index contributed by atoms with van der Waals surface area (Å²) in [6.07, 6.45) is -6.63. The van der Waals surface area contributed by atoms with Crippen molar-refractivity contribution in [1.82, 2.24) is 0 Å². The van der Waals surface area contributed by atoms with Crippen LogP contribution in [0.15, 0.2) is 0 Å². The number of aliphatic hydroxyl groups excluding tert-OH is 4. The molecule has 12 heteroatoms. The normalized spacial score (nSPS) is 38.0. The number of hydrogen-bond donors (Lipinski definition) is 4. The van der Waals surface area contributed by atoms with E-state index >= 15 is 0 Å². The molecule has 3 rings (SSSR count). The molecule has 0 radical (unpaired) electrons. The average Bonchev–Trinajstić information content (AvgIpc) is 3.36. The van der Waals surface area contributed by atoms with E-state index < -0.39 is 79.5 Å². The fourth-order valence-electron chi connectivity index (χ4n) is 4.79. The summed E-state index contributed by atoms with van der Waals surface area (Å²) in [7, 11) is 0. The first-order valence-corrected chi connectivity index (χ1v) is 13.2. The Morgan fingerprint density at radius 2 is 1.70 bits per heavy atom. The van der Waals surface area contributed by atoms with Crippen molar-refractivity contribution in [3.63, 3.8) is 0 Å². The van der Waals surface area contributed by atoms with E-state index in [0.717, 1.165) is 25.7 Å². The maximum Gasteiger partial charge on any atom is 0.306 e. The number of rotatable bonds is 12. The molecule has 0 aromatic rings. The van der Waals surface area contributed by atoms with Gasteiger partial charge in [-0.2, -0.15) is 0 Å². The number of ether oxygens (including phenoxy) is 7. The molecular formula is C25H44O12. The highest BCUT2D eigenvalue weighted by atomic mass is 16.8. The summed E-state index contributed by atoms with van der Waals surface area (Å²) in [6.45, 7) is 8.55. The highest BCUT2D eigenvalue weighted by Crippen LogP contribution is 2.38. The van der Waals surface area contributed by atoms with Crippen LogP contribution in [0, 0.1) is 0 Å². The number of hydrogen-bond acceptors (Lipinski definition) is 12. The predicted octanol–water partition coefficient (Wildman–Crippen LogP) is 0.704. The highest BCUT2D eigenvalue weighted by Gasteiger charge is 2.54. The molecule has 0 saturated carbocycles. The summed E-state index contributed by atoms with van der Waals surface area (Å²) in [6, 6.07) is 0. The molecule has 3 aliphatic rings. The minimum atomic E-state index is -1.67. The van der Waals surface area contributed by atoms with Crippen molar-refractivity contribution < 1.29 is 58.4 Å². The van der Waals surface area contributed by atoms with Crippen LogP contribution in [0.25, 0.3) is 0 Å². The first kappa shape index (κ1) is 30.6. The van der Waals surface area contributed by atoms with Crippen LogP contribution in [0.5, 0.6) is 0 Å². The topological polar surface area (TPSA) is 163 Å². The van der Waals surface area contributed by atoms with Gasteiger partial charge in [-0.25, -0.2) is 0 Å². The summed E-state index contributed by atoms with van der Waals surface area (Å²) in [5.74, 6) is -2.51. The summed E-state index contributed by atoms with van der Waals surface area (Å²) in [5.41, 5.74) is 0. The number of carbonyl (C=O) groups excluding carboxylic acids is 1. The van der Waals surface area contributed by atoms with E-state index in [1.54, 1.807) is 27.7 Å². The van der Waals surface area contributed by atoms with Crippen LogP contribution < -0.4 is 0 Å². The molecule has 3 aliphatic heterocycles. The van der Waals surface area contributed by atoms with Crippen molar-refractivity contribution in [1.29, 1.82) is 0 Å². The van der Waals surface area contributed by atoms with E-state index in [1.807, 2.05) is 0 Å². The van der Waals surface area contributed by atoms with Gasteiger partial charge in [-0.3, -0.25) is 4.79 Å². The summed E-state index contributed by atoms with van der Waals surface area (Å²) >= 11 is 0. The van der Waals surface area contributed by atoms with E-state index in [2.05, 4.69) is 6.92 Å². The molecule has 37 heavy (non-hydrogen) atoms. The van der Waals surface area contributed by atoms with Crippen LogP contribution in [-0.2, 0) is 38.0 Å². The number of unbranched alkanes of at least 4 members (excludes halogenated alkanes) is 4. The Morgan fingerprint density at radius 3 is 2.32 bits per heavy atom. The van der Waals surface area contributed by atoms with Gasteiger partial charge in [-0.15, -0.1) is 0 Å². The Kier molecular flexibility index (Phi) is 10.7. The molecule has 0 bridgehead atoms. The molecule has 0 spiro atoms. The van der Waals surface area contributed by atoms with Gasteiger partial charge in [-0.1, -0.05) is 32.6 Å². The summed E-state index contributed by atoms with van der Waals surface area (Å²) in [5, 5.41) is 41.6. The van der Waals surface area contributed by atoms with Crippen LogP contribution in [0.3, 0.4) is 0 Å². The largest absolute Gasteiger partial charge is 0.454 e. The zero-order valence-corrected chi connectivity index (χ0v) is 22.4. The number of aliphatic hydroxyl groups is 4. The van der Waals surface area contributed by atoms with Crippen LogP contribution >= 0.6 is 0 Å². The van der Waals surface area contributed by atoms with Crippen molar-refractivity contribution in [3.05, 3.63) is 0 Å². The Balaban J connectivity index is 1.69. The fourth-order valence-corrected chi connectivity index (χ4v) is 4.79. The van der Waals surface area contributed by atoms with Crippen molar-refractivity contribution in [2.75, 3.05) is 13.2 Å². The maximum absolute atomic E-state index is 12.5. The van der Waals surface area contributed by atoms with Crippen LogP contribution in [0.1, 0.15) is 73.1 Å². The van der Waals surface area contributed by atoms with Crippen molar-refractivity contribution in [2.45, 2.75) is 140 Å². The lowest BCUT2D eigenvalue weighted by Crippen LogP contribution is -2.61. The molecule has 0 aromatic heterocycles. The van der Waals surface area contributed by atoms with E-state index in [0.29, 0.717) is 6.42 Å². The lowest BCUT2D eigenvalue weighted by Gasteiger charge is -2.42. The van der Waals surface area contributed by atoms with Gasteiger partial charge in [0.15, 0.2) is 24.0 Å². The quantitative estimate of drug-likeness (QED) is 0.157. The van der Waals surface area contributed by atoms with Gasteiger partial charge in [-0.05, 0) is 34.1 Å². The van der Waals surface area contributed by atoms with E-state index in [-0.39, 0.29) is 13.0 Å². The van der Waals surface area contributed by atoms with Crippen LogP contribution in [0.4, 0.5) is 0 Å². The van der Waals surface area contributed by atoms with Crippen LogP contribution in [-0.4, -0.2) is 106 Å². The van der Waals surface area contributed by atoms with Gasteiger partial charge in [0.2, 0.25) is 6.29 Å². The molecule has 4 N–H and O–H groups in total. The average molecular weight is 537 g/mol. The van der Waals surface area contributed by atoms with Gasteiger partial charge < -0.3 is 53.6 Å². The third-order valence-corrected chi connectivity index (χ3v) is 6.69. The fraction of sp³-hybridized carbons (Fsp3) is 0.960. The third-order valence-electron chi connectivity index (χ3n) is 6.69. The van der Waals surface area contributed by atoms with E-state index in [4.69, 9.17) is 33.2 Å². The summed E-state index contributed by atoms with van der Waals surface area (Å²) in [4.78, 5) is 12.5. The number of esters is 1. The molecule has 216 valence electrons. The molecule has 3 heterocycles. The SMILES string of the molecule is CCCCCCCC(=O)O[C@@H]1[C@H](OC(O)[C@@H]2OC(C)(C)O[C@H]2[C@@H]2COC(C)(C)O2)O[C@H](CO)[C@@H](O)[C@@H]1O. The van der Waals surface area contributed by atoms with Crippen molar-refractivity contribution in [3.8, 4) is 0 Å². The lowest BCUT2D eigenvalue weighted by molar-refractivity contribution is -0.345. The zero-order chi connectivity index (χ0) is 27.4. The second-order valence-electron chi connectivity index (χ2n) is 10.8. The predicted molar refractivity (Wildman–Crippen MR) is 127 cm³/mol. The van der Waals surface area contributed by atoms with E-state index in [9.17, 15) is 25.2 Å². The Hall–Kier alpha value is -0.930. The molecular weight excluding hydrogens is 492 g/mol. The molecule has 3 fully saturated rings. The summed E-state index contributed by atoms with van der Waals surface area (Å²) < 4.78 is 40.1. The molecule has 12 nitrogen and oxygen atoms in total. The van der Waals surface area contributed by atoms with Crippen molar-refractivity contribution in [2.24, 2.45) is 0 Å². The van der Waals surface area contributed by atoms with Crippen molar-refractivity contribution >= 4 is 5.97 Å². The minimum absolute atomic E-state index is 0.117. The Labute approximate surface area is 218 Å². The molecule has 9 atom stereocenters. The smallest absolute Gasteiger partial charge is 0.306 e. The standard InChI is InChI=1S/C25H44O12/c1-6-7-8-9-10-11-16(27)33-20-18(29)17(28)14(12-26)32-23(20)34-22(30)21-19(36-25(4,5)37-21)15-13-31-24(2,3)35-15/h14-15,17-23,26,28-30H,6-13H2,1-5H3/t14-,15+,17-,18+,19+,20+,21-,22?,23+/m1/s1. The highest BCUT2D eigenvalue weighted by molar-refractivity contribution is 5.69. The van der Waals surface area contributed by atoms with Gasteiger partial charge in [0.25, 0.3) is 0 Å². The first-order chi connectivity index (χ1) is 17.4. The molecule has 0 aliphatic carbocycles. The minimum Gasteiger partial charge on any atom is -0.454 e. The second kappa shape index (κ2) is 12.9. The molecule has 3 saturated heterocycles. The molecule has 1 unspecified atom stereocenters. The van der Waals surface area contributed by atoms with Gasteiger partial charge in [0, 0.05) is 6.42 Å². The van der Waals surface area contributed by atoms with Gasteiger partial charge >= 0.3 is 5.97 Å². The van der Waals surface area contributed by atoms with Gasteiger partial charge in [0.1, 0.15) is 36.6 Å². The van der Waals surface area contributed by atoms with Crippen LogP contribution in [0.2, 0.25) is 0 Å². The monoisotopic (exact) mass is 536 g/mol. The van der Waals surface area contributed by atoms with E-state index in [1.165, 1.54) is 0 Å². The second-order valence-corrected chi connectivity index (χ2v) is 10.8. The maximum atomic E-state index is 12.5. The third kappa shape index (κ3) is 8.04. The number of carbonyl (C=O) groups is 1. The lowest BCUT2D eigenvalue weighted by atomic mass is 9.99.